The van der Waals surface area contributed by atoms with Crippen LogP contribution in [0.15, 0.2) is 29.2 Å². The summed E-state index contributed by atoms with van der Waals surface area (Å²) in [6.07, 6.45) is 4.06. The van der Waals surface area contributed by atoms with Crippen molar-refractivity contribution in [3.8, 4) is 0 Å². The maximum absolute atomic E-state index is 11.2. The fourth-order valence-electron chi connectivity index (χ4n) is 1.69. The molecule has 0 saturated heterocycles. The molecular formula is C12H18OS. The second-order valence-electron chi connectivity index (χ2n) is 3.54. The van der Waals surface area contributed by atoms with Gasteiger partial charge in [0.15, 0.2) is 0 Å². The minimum absolute atomic E-state index is 0.648. The molecule has 0 spiro atoms. The quantitative estimate of drug-likeness (QED) is 0.745. The summed E-state index contributed by atoms with van der Waals surface area (Å²) < 4.78 is 11.2. The third-order valence-corrected chi connectivity index (χ3v) is 3.61. The van der Waals surface area contributed by atoms with Gasteiger partial charge in [0.25, 0.3) is 0 Å². The van der Waals surface area contributed by atoms with Crippen molar-refractivity contribution in [3.05, 3.63) is 29.8 Å². The van der Waals surface area contributed by atoms with E-state index in [1.54, 1.807) is 6.26 Å². The highest BCUT2D eigenvalue weighted by atomic mass is 32.2. The third-order valence-electron chi connectivity index (χ3n) is 2.67. The van der Waals surface area contributed by atoms with Crippen molar-refractivity contribution in [2.45, 2.75) is 37.5 Å². The van der Waals surface area contributed by atoms with Crippen LogP contribution in [0.5, 0.6) is 0 Å². The van der Waals surface area contributed by atoms with Crippen LogP contribution in [0, 0.1) is 0 Å². The summed E-state index contributed by atoms with van der Waals surface area (Å²) in [6.45, 7) is 4.42. The molecular weight excluding hydrogens is 192 g/mol. The molecule has 0 bridgehead atoms. The van der Waals surface area contributed by atoms with E-state index in [4.69, 9.17) is 0 Å². The summed E-state index contributed by atoms with van der Waals surface area (Å²) in [6, 6.07) is 8.16. The lowest BCUT2D eigenvalue weighted by molar-refractivity contribution is 0.641. The van der Waals surface area contributed by atoms with Crippen molar-refractivity contribution in [3.63, 3.8) is 0 Å². The number of hydrogen-bond donors (Lipinski definition) is 0. The first-order chi connectivity index (χ1) is 6.69. The van der Waals surface area contributed by atoms with Crippen LogP contribution in [0.3, 0.4) is 0 Å². The summed E-state index contributed by atoms with van der Waals surface area (Å²) in [5.41, 5.74) is 1.37. The van der Waals surface area contributed by atoms with Gasteiger partial charge in [0, 0.05) is 22.0 Å². The molecule has 78 valence electrons. The monoisotopic (exact) mass is 210 g/mol. The van der Waals surface area contributed by atoms with Crippen molar-refractivity contribution in [2.75, 3.05) is 6.26 Å². The standard InChI is InChI=1S/C12H18OS/c1-4-10(5-2)11-6-8-12(9-7-11)14(3)13/h6-10H,4-5H2,1-3H3. The van der Waals surface area contributed by atoms with Gasteiger partial charge in [0.2, 0.25) is 0 Å². The Morgan fingerprint density at radius 3 is 2.00 bits per heavy atom. The van der Waals surface area contributed by atoms with Crippen LogP contribution < -0.4 is 0 Å². The van der Waals surface area contributed by atoms with E-state index >= 15 is 0 Å². The molecule has 0 aliphatic carbocycles. The molecule has 1 unspecified atom stereocenters. The lowest BCUT2D eigenvalue weighted by atomic mass is 9.94. The predicted molar refractivity (Wildman–Crippen MR) is 62.1 cm³/mol. The van der Waals surface area contributed by atoms with Crippen molar-refractivity contribution in [1.29, 1.82) is 0 Å². The van der Waals surface area contributed by atoms with E-state index in [9.17, 15) is 4.21 Å². The average molecular weight is 210 g/mol. The summed E-state index contributed by atoms with van der Waals surface area (Å²) >= 11 is 0. The van der Waals surface area contributed by atoms with Gasteiger partial charge < -0.3 is 0 Å². The first-order valence-corrected chi connectivity index (χ1v) is 6.68. The summed E-state index contributed by atoms with van der Waals surface area (Å²) in [5.74, 6) is 0.648. The van der Waals surface area contributed by atoms with Crippen LogP contribution in [0.25, 0.3) is 0 Å². The molecule has 0 heterocycles. The maximum atomic E-state index is 11.2. The van der Waals surface area contributed by atoms with E-state index in [0.29, 0.717) is 5.92 Å². The normalized spacial score (nSPS) is 13.1. The van der Waals surface area contributed by atoms with Crippen molar-refractivity contribution >= 4 is 10.8 Å². The molecule has 0 aliphatic heterocycles. The lowest BCUT2D eigenvalue weighted by Gasteiger charge is -2.12. The predicted octanol–water partition coefficient (Wildman–Crippen LogP) is 3.33. The minimum Gasteiger partial charge on any atom is -0.255 e. The van der Waals surface area contributed by atoms with Gasteiger partial charge in [-0.3, -0.25) is 4.21 Å². The number of benzene rings is 1. The first kappa shape index (κ1) is 11.4. The van der Waals surface area contributed by atoms with Crippen molar-refractivity contribution in [1.82, 2.24) is 0 Å². The molecule has 0 N–H and O–H groups in total. The first-order valence-electron chi connectivity index (χ1n) is 5.12. The van der Waals surface area contributed by atoms with Crippen LogP contribution in [-0.2, 0) is 10.8 Å². The average Bonchev–Trinajstić information content (AvgIpc) is 2.20. The van der Waals surface area contributed by atoms with E-state index in [2.05, 4.69) is 26.0 Å². The van der Waals surface area contributed by atoms with E-state index in [-0.39, 0.29) is 0 Å². The van der Waals surface area contributed by atoms with E-state index in [0.717, 1.165) is 4.90 Å². The molecule has 0 aliphatic rings. The summed E-state index contributed by atoms with van der Waals surface area (Å²) in [4.78, 5) is 0.916. The molecule has 14 heavy (non-hydrogen) atoms. The van der Waals surface area contributed by atoms with Crippen molar-refractivity contribution < 1.29 is 4.21 Å². The Morgan fingerprint density at radius 1 is 1.14 bits per heavy atom. The molecule has 1 nitrogen and oxygen atoms in total. The van der Waals surface area contributed by atoms with Gasteiger partial charge in [0.05, 0.1) is 0 Å². The SMILES string of the molecule is CCC(CC)c1ccc(S(C)=O)cc1. The van der Waals surface area contributed by atoms with Gasteiger partial charge in [-0.1, -0.05) is 26.0 Å². The van der Waals surface area contributed by atoms with Gasteiger partial charge >= 0.3 is 0 Å². The summed E-state index contributed by atoms with van der Waals surface area (Å²) in [7, 11) is -0.854. The fourth-order valence-corrected chi connectivity index (χ4v) is 2.21. The third kappa shape index (κ3) is 2.68. The molecule has 0 radical (unpaired) electrons. The zero-order valence-corrected chi connectivity index (χ0v) is 9.93. The molecule has 1 aromatic rings. The highest BCUT2D eigenvalue weighted by Gasteiger charge is 2.06. The molecule has 0 aromatic heterocycles. The number of rotatable bonds is 4. The topological polar surface area (TPSA) is 17.1 Å². The van der Waals surface area contributed by atoms with Gasteiger partial charge in [-0.2, -0.15) is 0 Å². The smallest absolute Gasteiger partial charge is 0.0498 e. The van der Waals surface area contributed by atoms with E-state index in [1.165, 1.54) is 18.4 Å². The Bertz CT molecular complexity index is 299. The van der Waals surface area contributed by atoms with Crippen LogP contribution in [0.4, 0.5) is 0 Å². The largest absolute Gasteiger partial charge is 0.255 e. The lowest BCUT2D eigenvalue weighted by Crippen LogP contribution is -1.96. The van der Waals surface area contributed by atoms with Gasteiger partial charge in [-0.15, -0.1) is 0 Å². The van der Waals surface area contributed by atoms with E-state index in [1.807, 2.05) is 12.1 Å². The highest BCUT2D eigenvalue weighted by Crippen LogP contribution is 2.23. The second kappa shape index (κ2) is 5.30. The number of hydrogen-bond acceptors (Lipinski definition) is 1. The van der Waals surface area contributed by atoms with E-state index < -0.39 is 10.8 Å². The highest BCUT2D eigenvalue weighted by molar-refractivity contribution is 7.84. The second-order valence-corrected chi connectivity index (χ2v) is 4.92. The molecule has 0 amide bonds. The summed E-state index contributed by atoms with van der Waals surface area (Å²) in [5, 5.41) is 0. The Hall–Kier alpha value is -0.630. The zero-order valence-electron chi connectivity index (χ0n) is 9.12. The van der Waals surface area contributed by atoms with Crippen LogP contribution >= 0.6 is 0 Å². The molecule has 1 aromatic carbocycles. The molecule has 2 heteroatoms. The zero-order chi connectivity index (χ0) is 10.6. The van der Waals surface area contributed by atoms with Gasteiger partial charge in [0.1, 0.15) is 0 Å². The minimum atomic E-state index is -0.854. The fraction of sp³-hybridized carbons (Fsp3) is 0.500. The van der Waals surface area contributed by atoms with Gasteiger partial charge in [-0.05, 0) is 36.5 Å². The van der Waals surface area contributed by atoms with Crippen molar-refractivity contribution in [2.24, 2.45) is 0 Å². The molecule has 0 saturated carbocycles. The molecule has 1 rings (SSSR count). The van der Waals surface area contributed by atoms with Crippen LogP contribution in [0.2, 0.25) is 0 Å². The van der Waals surface area contributed by atoms with Gasteiger partial charge in [-0.25, -0.2) is 0 Å². The molecule has 0 fully saturated rings. The van der Waals surface area contributed by atoms with Crippen LogP contribution in [0.1, 0.15) is 38.2 Å². The Kier molecular flexibility index (Phi) is 4.33. The maximum Gasteiger partial charge on any atom is 0.0498 e. The Labute approximate surface area is 89.0 Å². The Balaban J connectivity index is 2.87. The van der Waals surface area contributed by atoms with Crippen LogP contribution in [-0.4, -0.2) is 10.5 Å². The molecule has 1 atom stereocenters. The Morgan fingerprint density at radius 2 is 1.64 bits per heavy atom.